The Bertz CT molecular complexity index is 653. The molecule has 1 aromatic carbocycles. The van der Waals surface area contributed by atoms with E-state index in [9.17, 15) is 13.5 Å². The molecule has 1 aliphatic carbocycles. The lowest BCUT2D eigenvalue weighted by atomic mass is 9.92. The quantitative estimate of drug-likeness (QED) is 0.820. The van der Waals surface area contributed by atoms with E-state index in [2.05, 4.69) is 4.72 Å². The molecule has 1 aromatic rings. The Morgan fingerprint density at radius 1 is 1.17 bits per heavy atom. The lowest BCUT2D eigenvalue weighted by molar-refractivity contribution is 0.00567. The fourth-order valence-corrected chi connectivity index (χ4v) is 4.74. The van der Waals surface area contributed by atoms with Crippen molar-refractivity contribution < 1.29 is 18.3 Å². The summed E-state index contributed by atoms with van der Waals surface area (Å²) in [5.74, 6) is 0.215. The average Bonchev–Trinajstić information content (AvgIpc) is 2.62. The number of nitrogens with one attached hydrogen (secondary N) is 1. The second-order valence-corrected chi connectivity index (χ2v) is 8.61. The number of aliphatic hydroxyl groups excluding tert-OH is 1. The Morgan fingerprint density at radius 2 is 1.88 bits per heavy atom. The molecule has 6 heteroatoms. The van der Waals surface area contributed by atoms with Gasteiger partial charge in [0.25, 0.3) is 0 Å². The van der Waals surface area contributed by atoms with Crippen molar-refractivity contribution in [2.45, 2.75) is 55.9 Å². The molecule has 24 heavy (non-hydrogen) atoms. The SMILES string of the molecule is O=S(=O)(NCC[C@H](O)C1CCOCC1)c1ccc2c(c1)CCCC2. The number of hydrogen-bond acceptors (Lipinski definition) is 4. The molecule has 1 heterocycles. The van der Waals surface area contributed by atoms with Gasteiger partial charge in [-0.2, -0.15) is 0 Å². The van der Waals surface area contributed by atoms with Crippen LogP contribution in [-0.2, 0) is 27.6 Å². The summed E-state index contributed by atoms with van der Waals surface area (Å²) in [6, 6.07) is 5.45. The summed E-state index contributed by atoms with van der Waals surface area (Å²) in [6.45, 7) is 1.63. The van der Waals surface area contributed by atoms with Gasteiger partial charge in [0.2, 0.25) is 10.0 Å². The number of rotatable bonds is 6. The molecule has 0 bridgehead atoms. The summed E-state index contributed by atoms with van der Waals surface area (Å²) in [7, 11) is -3.51. The molecule has 1 atom stereocenters. The van der Waals surface area contributed by atoms with Gasteiger partial charge in [-0.3, -0.25) is 0 Å². The highest BCUT2D eigenvalue weighted by atomic mass is 32.2. The Hall–Kier alpha value is -0.950. The monoisotopic (exact) mass is 353 g/mol. The molecule has 0 saturated carbocycles. The Kier molecular flexibility index (Phi) is 5.92. The molecule has 2 aliphatic rings. The van der Waals surface area contributed by atoms with Crippen LogP contribution in [0, 0.1) is 5.92 Å². The number of sulfonamides is 1. The fourth-order valence-electron chi connectivity index (χ4n) is 3.64. The topological polar surface area (TPSA) is 75.6 Å². The molecule has 2 N–H and O–H groups in total. The lowest BCUT2D eigenvalue weighted by Gasteiger charge is -2.26. The minimum atomic E-state index is -3.51. The molecule has 0 radical (unpaired) electrons. The number of ether oxygens (including phenoxy) is 1. The van der Waals surface area contributed by atoms with Gasteiger partial charge in [0.1, 0.15) is 0 Å². The van der Waals surface area contributed by atoms with E-state index < -0.39 is 16.1 Å². The van der Waals surface area contributed by atoms with Crippen molar-refractivity contribution in [2.75, 3.05) is 19.8 Å². The number of aliphatic hydroxyl groups is 1. The van der Waals surface area contributed by atoms with Gasteiger partial charge in [0, 0.05) is 19.8 Å². The van der Waals surface area contributed by atoms with Gasteiger partial charge < -0.3 is 9.84 Å². The van der Waals surface area contributed by atoms with Crippen LogP contribution >= 0.6 is 0 Å². The molecule has 0 aromatic heterocycles. The molecule has 3 rings (SSSR count). The molecule has 134 valence electrons. The van der Waals surface area contributed by atoms with Crippen molar-refractivity contribution >= 4 is 10.0 Å². The van der Waals surface area contributed by atoms with Gasteiger partial charge in [-0.1, -0.05) is 6.07 Å². The molecule has 0 spiro atoms. The normalized spacial score (nSPS) is 20.5. The highest BCUT2D eigenvalue weighted by Crippen LogP contribution is 2.24. The summed E-state index contributed by atoms with van der Waals surface area (Å²) in [6.07, 6.45) is 5.97. The second-order valence-electron chi connectivity index (χ2n) is 6.84. The summed E-state index contributed by atoms with van der Waals surface area (Å²) in [5, 5.41) is 10.2. The van der Waals surface area contributed by atoms with Crippen LogP contribution in [0.2, 0.25) is 0 Å². The van der Waals surface area contributed by atoms with Crippen LogP contribution in [0.5, 0.6) is 0 Å². The average molecular weight is 353 g/mol. The van der Waals surface area contributed by atoms with E-state index in [0.29, 0.717) is 24.5 Å². The largest absolute Gasteiger partial charge is 0.393 e. The minimum absolute atomic E-state index is 0.215. The molecule has 1 saturated heterocycles. The van der Waals surface area contributed by atoms with Crippen molar-refractivity contribution in [2.24, 2.45) is 5.92 Å². The summed E-state index contributed by atoms with van der Waals surface area (Å²) >= 11 is 0. The van der Waals surface area contributed by atoms with Crippen LogP contribution in [0.4, 0.5) is 0 Å². The van der Waals surface area contributed by atoms with Crippen molar-refractivity contribution in [1.82, 2.24) is 4.72 Å². The third kappa shape index (κ3) is 4.36. The predicted octanol–water partition coefficient (Wildman–Crippen LogP) is 2.02. The van der Waals surface area contributed by atoms with Gasteiger partial charge in [-0.15, -0.1) is 0 Å². The highest BCUT2D eigenvalue weighted by molar-refractivity contribution is 7.89. The van der Waals surface area contributed by atoms with Crippen molar-refractivity contribution in [1.29, 1.82) is 0 Å². The van der Waals surface area contributed by atoms with Gasteiger partial charge in [0.15, 0.2) is 0 Å². The molecule has 1 aliphatic heterocycles. The maximum absolute atomic E-state index is 12.5. The highest BCUT2D eigenvalue weighted by Gasteiger charge is 2.23. The smallest absolute Gasteiger partial charge is 0.240 e. The second kappa shape index (κ2) is 7.95. The van der Waals surface area contributed by atoms with Crippen LogP contribution in [0.3, 0.4) is 0 Å². The molecular weight excluding hydrogens is 326 g/mol. The molecular formula is C18H27NO4S. The molecule has 1 fully saturated rings. The van der Waals surface area contributed by atoms with Crippen LogP contribution in [0.15, 0.2) is 23.1 Å². The predicted molar refractivity (Wildman–Crippen MR) is 92.4 cm³/mol. The molecule has 0 unspecified atom stereocenters. The zero-order valence-corrected chi connectivity index (χ0v) is 14.9. The van der Waals surface area contributed by atoms with E-state index in [0.717, 1.165) is 37.7 Å². The van der Waals surface area contributed by atoms with E-state index in [1.54, 1.807) is 6.07 Å². The van der Waals surface area contributed by atoms with E-state index in [4.69, 9.17) is 4.74 Å². The van der Waals surface area contributed by atoms with Crippen LogP contribution in [0.1, 0.15) is 43.2 Å². The standard InChI is InChI=1S/C18H27NO4S/c20-18(15-8-11-23-12-9-15)7-10-19-24(21,22)17-6-5-14-3-1-2-4-16(14)13-17/h5-6,13,15,18-20H,1-4,7-12H2/t18-/m0/s1. The van der Waals surface area contributed by atoms with Crippen LogP contribution in [0.25, 0.3) is 0 Å². The van der Waals surface area contributed by atoms with Crippen molar-refractivity contribution in [3.8, 4) is 0 Å². The number of aryl methyl sites for hydroxylation is 2. The summed E-state index contributed by atoms with van der Waals surface area (Å²) < 4.78 is 32.8. The maximum atomic E-state index is 12.5. The first kappa shape index (κ1) is 17.9. The van der Waals surface area contributed by atoms with E-state index >= 15 is 0 Å². The molecule has 0 amide bonds. The maximum Gasteiger partial charge on any atom is 0.240 e. The fraction of sp³-hybridized carbons (Fsp3) is 0.667. The first-order valence-corrected chi connectivity index (χ1v) is 10.4. The minimum Gasteiger partial charge on any atom is -0.393 e. The third-order valence-corrected chi connectivity index (χ3v) is 6.63. The first-order valence-electron chi connectivity index (χ1n) is 8.93. The third-order valence-electron chi connectivity index (χ3n) is 5.17. The van der Waals surface area contributed by atoms with Crippen molar-refractivity contribution in [3.63, 3.8) is 0 Å². The summed E-state index contributed by atoms with van der Waals surface area (Å²) in [4.78, 5) is 0.337. The Labute approximate surface area is 144 Å². The first-order chi connectivity index (χ1) is 11.6. The Balaban J connectivity index is 1.55. The number of hydrogen-bond donors (Lipinski definition) is 2. The van der Waals surface area contributed by atoms with Gasteiger partial charge in [-0.05, 0) is 74.1 Å². The van der Waals surface area contributed by atoms with Gasteiger partial charge in [0.05, 0.1) is 11.0 Å². The van der Waals surface area contributed by atoms with E-state index in [1.807, 2.05) is 12.1 Å². The Morgan fingerprint density at radius 3 is 2.62 bits per heavy atom. The zero-order chi connectivity index (χ0) is 17.0. The van der Waals surface area contributed by atoms with Crippen molar-refractivity contribution in [3.05, 3.63) is 29.3 Å². The number of benzene rings is 1. The zero-order valence-electron chi connectivity index (χ0n) is 14.0. The molecule has 5 nitrogen and oxygen atoms in total. The van der Waals surface area contributed by atoms with Crippen LogP contribution < -0.4 is 4.72 Å². The van der Waals surface area contributed by atoms with E-state index in [-0.39, 0.29) is 12.5 Å². The van der Waals surface area contributed by atoms with E-state index in [1.165, 1.54) is 12.0 Å². The number of fused-ring (bicyclic) bond motifs is 1. The lowest BCUT2D eigenvalue weighted by Crippen LogP contribution is -2.32. The van der Waals surface area contributed by atoms with Crippen LogP contribution in [-0.4, -0.2) is 39.4 Å². The van der Waals surface area contributed by atoms with Gasteiger partial charge >= 0.3 is 0 Å². The summed E-state index contributed by atoms with van der Waals surface area (Å²) in [5.41, 5.74) is 2.43. The van der Waals surface area contributed by atoms with Gasteiger partial charge in [-0.25, -0.2) is 13.1 Å².